The van der Waals surface area contributed by atoms with Crippen molar-refractivity contribution in [3.8, 4) is 0 Å². The Kier molecular flexibility index (Phi) is 6.16. The van der Waals surface area contributed by atoms with Crippen LogP contribution in [0, 0.1) is 6.92 Å². The number of hydrogen-bond donors (Lipinski definition) is 1. The average Bonchev–Trinajstić information content (AvgIpc) is 2.37. The Morgan fingerprint density at radius 1 is 1.33 bits per heavy atom. The molecule has 0 bridgehead atoms. The largest absolute Gasteiger partial charge is 0.396 e. The molecule has 0 saturated heterocycles. The second-order valence-electron chi connectivity index (χ2n) is 4.42. The molecule has 0 aromatic heterocycles. The zero-order valence-electron chi connectivity index (χ0n) is 10.9. The molecule has 18 heavy (non-hydrogen) atoms. The lowest BCUT2D eigenvalue weighted by Crippen LogP contribution is -2.28. The Hall–Kier alpha value is -1.06. The Morgan fingerprint density at radius 3 is 2.72 bits per heavy atom. The maximum Gasteiger partial charge on any atom is 0.253 e. The first-order valence-corrected chi connectivity index (χ1v) is 6.57. The lowest BCUT2D eigenvalue weighted by molar-refractivity contribution is 0.0791. The first kappa shape index (κ1) is 15.0. The number of nitrogens with zero attached hydrogens (tertiary/aromatic N) is 1. The highest BCUT2D eigenvalue weighted by molar-refractivity contribution is 6.31. The van der Waals surface area contributed by atoms with E-state index in [1.165, 1.54) is 0 Å². The molecule has 0 unspecified atom stereocenters. The van der Waals surface area contributed by atoms with E-state index in [-0.39, 0.29) is 12.5 Å². The van der Waals surface area contributed by atoms with Gasteiger partial charge in [0.05, 0.1) is 0 Å². The fourth-order valence-corrected chi connectivity index (χ4v) is 1.96. The number of carbonyl (C=O) groups is 1. The second-order valence-corrected chi connectivity index (χ2v) is 4.83. The van der Waals surface area contributed by atoms with Crippen molar-refractivity contribution in [1.82, 2.24) is 4.90 Å². The van der Waals surface area contributed by atoms with Crippen molar-refractivity contribution in [2.45, 2.75) is 26.2 Å². The van der Waals surface area contributed by atoms with Gasteiger partial charge >= 0.3 is 0 Å². The molecule has 0 atom stereocenters. The van der Waals surface area contributed by atoms with E-state index in [4.69, 9.17) is 16.7 Å². The van der Waals surface area contributed by atoms with Crippen LogP contribution in [0.5, 0.6) is 0 Å². The van der Waals surface area contributed by atoms with Gasteiger partial charge in [-0.05, 0) is 43.9 Å². The third-order valence-corrected chi connectivity index (χ3v) is 3.41. The van der Waals surface area contributed by atoms with Crippen LogP contribution in [0.25, 0.3) is 0 Å². The molecule has 0 saturated carbocycles. The smallest absolute Gasteiger partial charge is 0.253 e. The summed E-state index contributed by atoms with van der Waals surface area (Å²) in [5.74, 6) is -0.000927. The van der Waals surface area contributed by atoms with Crippen molar-refractivity contribution in [3.05, 3.63) is 34.3 Å². The second kappa shape index (κ2) is 7.39. The van der Waals surface area contributed by atoms with E-state index in [1.807, 2.05) is 6.92 Å². The van der Waals surface area contributed by atoms with Crippen molar-refractivity contribution in [2.24, 2.45) is 0 Å². The zero-order chi connectivity index (χ0) is 13.5. The summed E-state index contributed by atoms with van der Waals surface area (Å²) in [6, 6.07) is 5.38. The van der Waals surface area contributed by atoms with Crippen LogP contribution in [0.1, 0.15) is 35.2 Å². The van der Waals surface area contributed by atoms with Gasteiger partial charge in [-0.3, -0.25) is 4.79 Å². The number of aliphatic hydroxyl groups excluding tert-OH is 1. The predicted octanol–water partition coefficient (Wildman–Crippen LogP) is 2.88. The van der Waals surface area contributed by atoms with Crippen molar-refractivity contribution < 1.29 is 9.90 Å². The van der Waals surface area contributed by atoms with E-state index in [1.54, 1.807) is 30.1 Å². The number of halogens is 1. The quantitative estimate of drug-likeness (QED) is 0.807. The minimum Gasteiger partial charge on any atom is -0.396 e. The summed E-state index contributed by atoms with van der Waals surface area (Å²) in [7, 11) is 1.79. The average molecular weight is 270 g/mol. The van der Waals surface area contributed by atoms with Crippen LogP contribution in [0.15, 0.2) is 18.2 Å². The number of benzene rings is 1. The van der Waals surface area contributed by atoms with Crippen LogP contribution in [-0.2, 0) is 0 Å². The third kappa shape index (κ3) is 4.00. The number of hydrogen-bond acceptors (Lipinski definition) is 2. The van der Waals surface area contributed by atoms with Crippen molar-refractivity contribution in [2.75, 3.05) is 20.2 Å². The summed E-state index contributed by atoms with van der Waals surface area (Å²) >= 11 is 6.01. The predicted molar refractivity (Wildman–Crippen MR) is 74.1 cm³/mol. The molecule has 0 aliphatic heterocycles. The fourth-order valence-electron chi connectivity index (χ4n) is 1.78. The third-order valence-electron chi connectivity index (χ3n) is 3.00. The van der Waals surface area contributed by atoms with Gasteiger partial charge in [0.15, 0.2) is 0 Å². The maximum atomic E-state index is 12.2. The summed E-state index contributed by atoms with van der Waals surface area (Å²) in [5, 5.41) is 9.31. The SMILES string of the molecule is Cc1c(Cl)cccc1C(=O)N(C)CCCCCO. The molecule has 0 aliphatic carbocycles. The van der Waals surface area contributed by atoms with E-state index >= 15 is 0 Å². The highest BCUT2D eigenvalue weighted by atomic mass is 35.5. The number of rotatable bonds is 6. The Bertz CT molecular complexity index is 407. The molecule has 100 valence electrons. The molecule has 1 amide bonds. The van der Waals surface area contributed by atoms with E-state index in [2.05, 4.69) is 0 Å². The van der Waals surface area contributed by atoms with Gasteiger partial charge in [-0.15, -0.1) is 0 Å². The van der Waals surface area contributed by atoms with E-state index in [0.29, 0.717) is 17.1 Å². The molecule has 0 spiro atoms. The van der Waals surface area contributed by atoms with Gasteiger partial charge < -0.3 is 10.0 Å². The normalized spacial score (nSPS) is 10.4. The van der Waals surface area contributed by atoms with Crippen LogP contribution >= 0.6 is 11.6 Å². The molecule has 4 heteroatoms. The molecule has 3 nitrogen and oxygen atoms in total. The van der Waals surface area contributed by atoms with Gasteiger partial charge in [0.1, 0.15) is 0 Å². The molecule has 0 heterocycles. The van der Waals surface area contributed by atoms with Crippen LogP contribution in [0.3, 0.4) is 0 Å². The Morgan fingerprint density at radius 2 is 2.06 bits per heavy atom. The van der Waals surface area contributed by atoms with Crippen molar-refractivity contribution in [1.29, 1.82) is 0 Å². The van der Waals surface area contributed by atoms with E-state index < -0.39 is 0 Å². The minimum absolute atomic E-state index is 0.000927. The molecular weight excluding hydrogens is 250 g/mol. The topological polar surface area (TPSA) is 40.5 Å². The monoisotopic (exact) mass is 269 g/mol. The number of aliphatic hydroxyl groups is 1. The molecule has 1 rings (SSSR count). The van der Waals surface area contributed by atoms with Gasteiger partial charge in [0.2, 0.25) is 0 Å². The molecule has 0 aliphatic rings. The summed E-state index contributed by atoms with van der Waals surface area (Å²) in [4.78, 5) is 13.9. The minimum atomic E-state index is -0.000927. The summed E-state index contributed by atoms with van der Waals surface area (Å²) in [6.45, 7) is 2.77. The molecule has 1 aromatic rings. The molecule has 0 fully saturated rings. The first-order chi connectivity index (χ1) is 8.57. The van der Waals surface area contributed by atoms with Gasteiger partial charge in [-0.25, -0.2) is 0 Å². The van der Waals surface area contributed by atoms with Gasteiger partial charge in [0.25, 0.3) is 5.91 Å². The highest BCUT2D eigenvalue weighted by Gasteiger charge is 2.14. The maximum absolute atomic E-state index is 12.2. The standard InChI is InChI=1S/C14H20ClNO2/c1-11-12(7-6-8-13(11)15)14(18)16(2)9-4-3-5-10-17/h6-8,17H,3-5,9-10H2,1-2H3. The van der Waals surface area contributed by atoms with Gasteiger partial charge in [-0.2, -0.15) is 0 Å². The van der Waals surface area contributed by atoms with Crippen LogP contribution in [0.4, 0.5) is 0 Å². The number of unbranched alkanes of at least 4 members (excludes halogenated alkanes) is 2. The molecule has 1 N–H and O–H groups in total. The molecule has 1 aromatic carbocycles. The zero-order valence-corrected chi connectivity index (χ0v) is 11.7. The number of carbonyl (C=O) groups excluding carboxylic acids is 1. The van der Waals surface area contributed by atoms with E-state index in [0.717, 1.165) is 24.8 Å². The van der Waals surface area contributed by atoms with Crippen LogP contribution < -0.4 is 0 Å². The Labute approximate surface area is 113 Å². The summed E-state index contributed by atoms with van der Waals surface area (Å²) in [5.41, 5.74) is 1.48. The molecular formula is C14H20ClNO2. The van der Waals surface area contributed by atoms with Crippen LogP contribution in [0.2, 0.25) is 5.02 Å². The first-order valence-electron chi connectivity index (χ1n) is 6.19. The number of amides is 1. The lowest BCUT2D eigenvalue weighted by Gasteiger charge is -2.18. The van der Waals surface area contributed by atoms with Gasteiger partial charge in [0, 0.05) is 30.8 Å². The van der Waals surface area contributed by atoms with E-state index in [9.17, 15) is 4.79 Å². The Balaban J connectivity index is 2.60. The van der Waals surface area contributed by atoms with Crippen LogP contribution in [-0.4, -0.2) is 36.1 Å². The summed E-state index contributed by atoms with van der Waals surface area (Å²) < 4.78 is 0. The lowest BCUT2D eigenvalue weighted by atomic mass is 10.1. The summed E-state index contributed by atoms with van der Waals surface area (Å²) in [6.07, 6.45) is 2.63. The van der Waals surface area contributed by atoms with Crippen molar-refractivity contribution in [3.63, 3.8) is 0 Å². The molecule has 0 radical (unpaired) electrons. The fraction of sp³-hybridized carbons (Fsp3) is 0.500. The van der Waals surface area contributed by atoms with Crippen molar-refractivity contribution >= 4 is 17.5 Å². The highest BCUT2D eigenvalue weighted by Crippen LogP contribution is 2.19. The van der Waals surface area contributed by atoms with Gasteiger partial charge in [-0.1, -0.05) is 17.7 Å².